The molecule has 0 unspecified atom stereocenters. The Morgan fingerprint density at radius 2 is 1.77 bits per heavy atom. The molecule has 31 heavy (non-hydrogen) atoms. The van der Waals surface area contributed by atoms with E-state index in [0.717, 1.165) is 0 Å². The smallest absolute Gasteiger partial charge is 0.390 e. The molecule has 2 aromatic rings. The van der Waals surface area contributed by atoms with Gasteiger partial charge in [0.2, 0.25) is 0 Å². The van der Waals surface area contributed by atoms with Gasteiger partial charge in [0.15, 0.2) is 5.82 Å². The fourth-order valence-electron chi connectivity index (χ4n) is 3.30. The number of carbonyl (C=O) groups is 1. The number of carbonyl (C=O) groups excluding carboxylic acids is 1. The van der Waals surface area contributed by atoms with Crippen LogP contribution in [0.15, 0.2) is 30.3 Å². The fourth-order valence-corrected chi connectivity index (χ4v) is 3.63. The predicted octanol–water partition coefficient (Wildman–Crippen LogP) is 5.04. The molecule has 0 saturated carbocycles. The van der Waals surface area contributed by atoms with Gasteiger partial charge in [-0.15, -0.1) is 0 Å². The summed E-state index contributed by atoms with van der Waals surface area (Å²) >= 11 is 11.9. The van der Waals surface area contributed by atoms with E-state index in [2.05, 4.69) is 5.32 Å². The molecule has 0 aliphatic carbocycles. The van der Waals surface area contributed by atoms with Crippen LogP contribution >= 0.6 is 23.2 Å². The Morgan fingerprint density at radius 3 is 2.42 bits per heavy atom. The lowest BCUT2D eigenvalue weighted by Crippen LogP contribution is -2.47. The van der Waals surface area contributed by atoms with Crippen molar-refractivity contribution in [1.29, 1.82) is 0 Å². The van der Waals surface area contributed by atoms with Crippen LogP contribution < -0.4 is 16.0 Å². The largest absolute Gasteiger partial charge is 0.397 e. The average molecular weight is 479 g/mol. The van der Waals surface area contributed by atoms with Crippen LogP contribution in [0.2, 0.25) is 10.0 Å². The Labute approximate surface area is 186 Å². The van der Waals surface area contributed by atoms with Crippen LogP contribution in [0.3, 0.4) is 0 Å². The van der Waals surface area contributed by atoms with E-state index >= 15 is 0 Å². The number of rotatable bonds is 5. The van der Waals surface area contributed by atoms with Crippen LogP contribution in [0.25, 0.3) is 0 Å². The summed E-state index contributed by atoms with van der Waals surface area (Å²) in [6.45, 7) is 1.69. The number of hydrogen-bond acceptors (Lipinski definition) is 4. The van der Waals surface area contributed by atoms with Crippen molar-refractivity contribution in [1.82, 2.24) is 4.90 Å². The predicted molar refractivity (Wildman–Crippen MR) is 115 cm³/mol. The third kappa shape index (κ3) is 5.93. The van der Waals surface area contributed by atoms with E-state index in [1.807, 2.05) is 4.90 Å². The minimum absolute atomic E-state index is 0.0197. The molecule has 5 nitrogen and oxygen atoms in total. The van der Waals surface area contributed by atoms with Gasteiger partial charge >= 0.3 is 6.18 Å². The molecule has 1 saturated heterocycles. The first-order chi connectivity index (χ1) is 14.5. The molecule has 2 aromatic carbocycles. The van der Waals surface area contributed by atoms with E-state index in [0.29, 0.717) is 42.6 Å². The third-order valence-corrected chi connectivity index (χ3v) is 5.61. The van der Waals surface area contributed by atoms with Crippen LogP contribution in [0.1, 0.15) is 16.8 Å². The highest BCUT2D eigenvalue weighted by Gasteiger charge is 2.29. The summed E-state index contributed by atoms with van der Waals surface area (Å²) in [5, 5.41) is 2.74. The summed E-state index contributed by atoms with van der Waals surface area (Å²) in [7, 11) is 0. The van der Waals surface area contributed by atoms with Gasteiger partial charge in [-0.2, -0.15) is 13.2 Å². The number of piperazine rings is 1. The summed E-state index contributed by atoms with van der Waals surface area (Å²) < 4.78 is 51.7. The van der Waals surface area contributed by atoms with Crippen molar-refractivity contribution in [3.63, 3.8) is 0 Å². The number of nitrogens with two attached hydrogens (primary N) is 1. The van der Waals surface area contributed by atoms with Crippen molar-refractivity contribution in [2.24, 2.45) is 0 Å². The normalized spacial score (nSPS) is 15.2. The Balaban J connectivity index is 1.73. The Kier molecular flexibility index (Phi) is 7.18. The monoisotopic (exact) mass is 478 g/mol. The number of nitrogens with one attached hydrogen (secondary N) is 1. The third-order valence-electron chi connectivity index (χ3n) is 4.99. The van der Waals surface area contributed by atoms with Crippen molar-refractivity contribution >= 4 is 46.2 Å². The molecule has 3 N–H and O–H groups in total. The lowest BCUT2D eigenvalue weighted by molar-refractivity contribution is -0.138. The van der Waals surface area contributed by atoms with Gasteiger partial charge in [0.25, 0.3) is 5.91 Å². The van der Waals surface area contributed by atoms with E-state index < -0.39 is 24.3 Å². The van der Waals surface area contributed by atoms with Crippen LogP contribution in [0.5, 0.6) is 0 Å². The molecule has 1 aliphatic heterocycles. The molecule has 168 valence electrons. The molecule has 0 spiro atoms. The molecule has 0 aromatic heterocycles. The van der Waals surface area contributed by atoms with Crippen LogP contribution in [0.4, 0.5) is 34.6 Å². The summed E-state index contributed by atoms with van der Waals surface area (Å²) in [4.78, 5) is 16.3. The lowest BCUT2D eigenvalue weighted by atomic mass is 10.1. The second-order valence-corrected chi connectivity index (χ2v) is 7.95. The molecular weight excluding hydrogens is 459 g/mol. The van der Waals surface area contributed by atoms with E-state index in [-0.39, 0.29) is 22.8 Å². The van der Waals surface area contributed by atoms with E-state index in [1.165, 1.54) is 12.1 Å². The van der Waals surface area contributed by atoms with E-state index in [1.54, 1.807) is 23.1 Å². The van der Waals surface area contributed by atoms with Gasteiger partial charge in [-0.3, -0.25) is 9.69 Å². The number of nitrogens with zero attached hydrogens (tertiary/aromatic N) is 2. The lowest BCUT2D eigenvalue weighted by Gasteiger charge is -2.37. The number of halogens is 6. The van der Waals surface area contributed by atoms with Gasteiger partial charge in [-0.25, -0.2) is 4.39 Å². The van der Waals surface area contributed by atoms with Crippen molar-refractivity contribution in [3.8, 4) is 0 Å². The molecule has 0 atom stereocenters. The first-order valence-electron chi connectivity index (χ1n) is 9.43. The van der Waals surface area contributed by atoms with E-state index in [9.17, 15) is 22.4 Å². The molecule has 0 bridgehead atoms. The maximum Gasteiger partial charge on any atom is 0.390 e. The fraction of sp³-hybridized carbons (Fsp3) is 0.350. The van der Waals surface area contributed by atoms with Gasteiger partial charge in [0, 0.05) is 37.7 Å². The summed E-state index contributed by atoms with van der Waals surface area (Å²) in [6.07, 6.45) is -5.05. The van der Waals surface area contributed by atoms with Crippen LogP contribution in [-0.2, 0) is 0 Å². The number of alkyl halides is 3. The number of hydrogen-bond donors (Lipinski definition) is 2. The van der Waals surface area contributed by atoms with Gasteiger partial charge < -0.3 is 16.0 Å². The van der Waals surface area contributed by atoms with Crippen molar-refractivity contribution in [3.05, 3.63) is 51.8 Å². The van der Waals surface area contributed by atoms with Gasteiger partial charge in [-0.05, 0) is 30.3 Å². The number of anilines is 3. The maximum atomic E-state index is 14.3. The first kappa shape index (κ1) is 23.4. The molecule has 0 radical (unpaired) electrons. The standard InChI is InChI=1S/C20H20Cl2F4N4O/c21-12-1-4-15(28-19(31)13-2-3-14(27)17(22)18(13)23)16(11-12)30-9-7-29(8-10-30)6-5-20(24,25)26/h1-4,11H,5-10,27H2,(H,28,31). The minimum atomic E-state index is -4.19. The zero-order chi connectivity index (χ0) is 22.8. The number of nitrogen functional groups attached to an aromatic ring is 1. The Morgan fingerprint density at radius 1 is 1.10 bits per heavy atom. The topological polar surface area (TPSA) is 61.6 Å². The zero-order valence-electron chi connectivity index (χ0n) is 16.3. The Hall–Kier alpha value is -2.23. The molecule has 11 heteroatoms. The van der Waals surface area contributed by atoms with Crippen LogP contribution in [-0.4, -0.2) is 49.7 Å². The summed E-state index contributed by atoms with van der Waals surface area (Å²) in [5.74, 6) is -1.64. The Bertz CT molecular complexity index is 963. The second kappa shape index (κ2) is 9.50. The summed E-state index contributed by atoms with van der Waals surface area (Å²) in [5.41, 5.74) is 6.29. The molecule has 1 amide bonds. The zero-order valence-corrected chi connectivity index (χ0v) is 17.8. The maximum absolute atomic E-state index is 14.3. The highest BCUT2D eigenvalue weighted by atomic mass is 35.5. The minimum Gasteiger partial charge on any atom is -0.397 e. The second-order valence-electron chi connectivity index (χ2n) is 7.14. The highest BCUT2D eigenvalue weighted by Crippen LogP contribution is 2.32. The van der Waals surface area contributed by atoms with Crippen molar-refractivity contribution < 1.29 is 22.4 Å². The van der Waals surface area contributed by atoms with Crippen molar-refractivity contribution in [2.45, 2.75) is 12.6 Å². The van der Waals surface area contributed by atoms with Gasteiger partial charge in [0.05, 0.1) is 29.0 Å². The number of amides is 1. The molecule has 1 aliphatic rings. The molecule has 1 fully saturated rings. The molecule has 1 heterocycles. The molecular formula is C20H20Cl2F4N4O. The quantitative estimate of drug-likeness (QED) is 0.466. The van der Waals surface area contributed by atoms with E-state index in [4.69, 9.17) is 28.9 Å². The van der Waals surface area contributed by atoms with Crippen molar-refractivity contribution in [2.75, 3.05) is 48.7 Å². The van der Waals surface area contributed by atoms with Gasteiger partial charge in [-0.1, -0.05) is 23.2 Å². The average Bonchev–Trinajstić information content (AvgIpc) is 2.71. The first-order valence-corrected chi connectivity index (χ1v) is 10.2. The van der Waals surface area contributed by atoms with Gasteiger partial charge in [0.1, 0.15) is 5.02 Å². The number of benzene rings is 2. The molecule has 3 rings (SSSR count). The van der Waals surface area contributed by atoms with Crippen LogP contribution in [0, 0.1) is 5.82 Å². The highest BCUT2D eigenvalue weighted by molar-refractivity contribution is 6.33. The summed E-state index contributed by atoms with van der Waals surface area (Å²) in [6, 6.07) is 7.38. The SMILES string of the molecule is Nc1ccc(C(=O)Nc2ccc(Cl)cc2N2CCN(CCC(F)(F)F)CC2)c(F)c1Cl.